The largest absolute Gasteiger partial charge is 0.361 e. The quantitative estimate of drug-likeness (QED) is 0.419. The molecule has 3 aliphatic carbocycles. The Morgan fingerprint density at radius 2 is 1.28 bits per heavy atom. The van der Waals surface area contributed by atoms with Crippen LogP contribution in [0, 0.1) is 41.4 Å². The molecule has 0 N–H and O–H groups in total. The molecule has 29 heavy (non-hydrogen) atoms. The predicted molar refractivity (Wildman–Crippen MR) is 115 cm³/mol. The van der Waals surface area contributed by atoms with E-state index in [1.807, 2.05) is 0 Å². The van der Waals surface area contributed by atoms with Crippen molar-refractivity contribution in [3.05, 3.63) is 12.2 Å². The first-order chi connectivity index (χ1) is 14.0. The minimum Gasteiger partial charge on any atom is -0.316 e. The molecule has 0 radical (unpaired) electrons. The van der Waals surface area contributed by atoms with Crippen LogP contribution in [0.3, 0.4) is 0 Å². The number of allylic oxidation sites excluding steroid dienone is 2. The molecular formula is C26H42F2O. The van der Waals surface area contributed by atoms with E-state index in [0.29, 0.717) is 11.8 Å². The molecule has 0 aromatic rings. The van der Waals surface area contributed by atoms with E-state index >= 15 is 0 Å². The zero-order valence-corrected chi connectivity index (χ0v) is 18.6. The lowest BCUT2D eigenvalue weighted by Crippen LogP contribution is -2.61. The highest BCUT2D eigenvalue weighted by molar-refractivity contribution is 5.00. The molecule has 0 unspecified atom stereocenters. The minimum atomic E-state index is -2.88. The first-order valence-corrected chi connectivity index (χ1v) is 12.7. The van der Waals surface area contributed by atoms with E-state index in [4.69, 9.17) is 4.74 Å². The highest BCUT2D eigenvalue weighted by Crippen LogP contribution is 2.55. The Bertz CT molecular complexity index is 535. The Kier molecular flexibility index (Phi) is 7.03. The fourth-order valence-corrected chi connectivity index (χ4v) is 7.37. The molecule has 2 atom stereocenters. The smallest absolute Gasteiger partial charge is 0.316 e. The Morgan fingerprint density at radius 1 is 0.759 bits per heavy atom. The van der Waals surface area contributed by atoms with Crippen LogP contribution >= 0.6 is 0 Å². The normalized spacial score (nSPS) is 45.8. The summed E-state index contributed by atoms with van der Waals surface area (Å²) in [6.07, 6.45) is 17.1. The summed E-state index contributed by atoms with van der Waals surface area (Å²) in [4.78, 5) is 0. The third-order valence-electron chi connectivity index (χ3n) is 9.24. The Morgan fingerprint density at radius 3 is 1.79 bits per heavy atom. The summed E-state index contributed by atoms with van der Waals surface area (Å²) in [5.41, 5.74) is 0. The number of hydrogen-bond acceptors (Lipinski definition) is 1. The highest BCUT2D eigenvalue weighted by atomic mass is 19.3. The summed E-state index contributed by atoms with van der Waals surface area (Å²) in [5, 5.41) is 0. The van der Waals surface area contributed by atoms with Gasteiger partial charge in [-0.25, -0.2) is 0 Å². The Hall–Kier alpha value is -0.440. The highest BCUT2D eigenvalue weighted by Gasteiger charge is 2.62. The molecule has 4 aliphatic rings. The molecule has 3 saturated carbocycles. The molecule has 3 heteroatoms. The summed E-state index contributed by atoms with van der Waals surface area (Å²) in [6.45, 7) is 4.38. The molecule has 0 aromatic carbocycles. The minimum absolute atomic E-state index is 0.160. The fraction of sp³-hybridized carbons (Fsp3) is 0.923. The lowest BCUT2D eigenvalue weighted by atomic mass is 9.64. The van der Waals surface area contributed by atoms with Gasteiger partial charge in [0.05, 0.1) is 12.0 Å². The van der Waals surface area contributed by atoms with Crippen LogP contribution in [0.1, 0.15) is 97.3 Å². The van der Waals surface area contributed by atoms with Gasteiger partial charge >= 0.3 is 6.11 Å². The standard InChI is InChI=1S/C26H42F2O/c1-3-5-19-8-12-22(13-9-19)24-25(29-26(24,27)28)23-16-14-21(15-17-23)20-10-6-18(4-2)7-11-20/h3,5,18-25H,4,6-17H2,1-2H3/b5-3+/t18?,19?,20?,21?,22?,23?,24-,25-/m0/s1. The third kappa shape index (κ3) is 4.75. The van der Waals surface area contributed by atoms with E-state index in [-0.39, 0.29) is 12.0 Å². The average molecular weight is 409 g/mol. The van der Waals surface area contributed by atoms with Gasteiger partial charge in [-0.15, -0.1) is 0 Å². The lowest BCUT2D eigenvalue weighted by Gasteiger charge is -2.53. The SMILES string of the molecule is C/C=C/C1CCC([C@H]2[C@H](C3CCC(C4CCC(CC)CC4)CC3)OC2(F)F)CC1. The van der Waals surface area contributed by atoms with Gasteiger partial charge in [0.1, 0.15) is 0 Å². The second kappa shape index (κ2) is 9.37. The van der Waals surface area contributed by atoms with Crippen molar-refractivity contribution in [1.82, 2.24) is 0 Å². The van der Waals surface area contributed by atoms with Crippen molar-refractivity contribution in [2.45, 2.75) is 110 Å². The van der Waals surface area contributed by atoms with E-state index in [0.717, 1.165) is 56.3 Å². The van der Waals surface area contributed by atoms with Crippen LogP contribution in [-0.2, 0) is 4.74 Å². The Labute approximate surface area is 177 Å². The van der Waals surface area contributed by atoms with E-state index < -0.39 is 12.0 Å². The second-order valence-electron chi connectivity index (χ2n) is 10.7. The van der Waals surface area contributed by atoms with Crippen molar-refractivity contribution >= 4 is 0 Å². The van der Waals surface area contributed by atoms with Crippen molar-refractivity contribution < 1.29 is 13.5 Å². The van der Waals surface area contributed by atoms with E-state index in [2.05, 4.69) is 26.0 Å². The van der Waals surface area contributed by atoms with Gasteiger partial charge in [-0.3, -0.25) is 0 Å². The van der Waals surface area contributed by atoms with Gasteiger partial charge in [-0.05, 0) is 107 Å². The van der Waals surface area contributed by atoms with E-state index in [1.165, 1.54) is 44.9 Å². The molecule has 1 aliphatic heterocycles. The fourth-order valence-electron chi connectivity index (χ4n) is 7.37. The molecule has 4 fully saturated rings. The van der Waals surface area contributed by atoms with Gasteiger partial charge in [0.15, 0.2) is 0 Å². The predicted octanol–water partition coefficient (Wildman–Crippen LogP) is 8.00. The zero-order valence-electron chi connectivity index (χ0n) is 18.6. The summed E-state index contributed by atoms with van der Waals surface area (Å²) >= 11 is 0. The number of halogens is 2. The van der Waals surface area contributed by atoms with Gasteiger partial charge in [-0.2, -0.15) is 8.78 Å². The zero-order chi connectivity index (χ0) is 20.4. The number of hydrogen-bond donors (Lipinski definition) is 0. The van der Waals surface area contributed by atoms with E-state index in [1.54, 1.807) is 0 Å². The molecule has 1 saturated heterocycles. The topological polar surface area (TPSA) is 9.23 Å². The van der Waals surface area contributed by atoms with Crippen LogP contribution in [0.15, 0.2) is 12.2 Å². The van der Waals surface area contributed by atoms with Crippen LogP contribution in [-0.4, -0.2) is 12.2 Å². The van der Waals surface area contributed by atoms with Gasteiger partial charge in [0.25, 0.3) is 0 Å². The van der Waals surface area contributed by atoms with Gasteiger partial charge in [0, 0.05) is 0 Å². The van der Waals surface area contributed by atoms with Crippen LogP contribution in [0.25, 0.3) is 0 Å². The molecule has 1 nitrogen and oxygen atoms in total. The summed E-state index contributed by atoms with van der Waals surface area (Å²) in [5.74, 6) is 3.32. The van der Waals surface area contributed by atoms with Gasteiger partial charge < -0.3 is 4.74 Å². The molecule has 0 aromatic heterocycles. The molecular weight excluding hydrogens is 366 g/mol. The first-order valence-electron chi connectivity index (χ1n) is 12.7. The molecule has 1 heterocycles. The number of alkyl halides is 2. The van der Waals surface area contributed by atoms with Crippen molar-refractivity contribution in [1.29, 1.82) is 0 Å². The van der Waals surface area contributed by atoms with Crippen molar-refractivity contribution in [2.75, 3.05) is 0 Å². The maximum Gasteiger partial charge on any atom is 0.361 e. The summed E-state index contributed by atoms with van der Waals surface area (Å²) < 4.78 is 34.1. The third-order valence-corrected chi connectivity index (χ3v) is 9.24. The average Bonchev–Trinajstić information content (AvgIpc) is 2.74. The summed E-state index contributed by atoms with van der Waals surface area (Å²) in [7, 11) is 0. The molecule has 4 rings (SSSR count). The van der Waals surface area contributed by atoms with Crippen LogP contribution in [0.5, 0.6) is 0 Å². The Balaban J connectivity index is 1.28. The van der Waals surface area contributed by atoms with Gasteiger partial charge in [0.2, 0.25) is 0 Å². The summed E-state index contributed by atoms with van der Waals surface area (Å²) in [6, 6.07) is 0. The molecule has 0 bridgehead atoms. The van der Waals surface area contributed by atoms with Crippen molar-refractivity contribution in [3.63, 3.8) is 0 Å². The van der Waals surface area contributed by atoms with Gasteiger partial charge in [-0.1, -0.05) is 38.3 Å². The molecule has 0 spiro atoms. The number of rotatable bonds is 5. The number of ether oxygens (including phenoxy) is 1. The molecule has 0 amide bonds. The van der Waals surface area contributed by atoms with Crippen molar-refractivity contribution in [2.24, 2.45) is 41.4 Å². The van der Waals surface area contributed by atoms with Crippen molar-refractivity contribution in [3.8, 4) is 0 Å². The van der Waals surface area contributed by atoms with Crippen LogP contribution < -0.4 is 0 Å². The van der Waals surface area contributed by atoms with E-state index in [9.17, 15) is 8.78 Å². The lowest BCUT2D eigenvalue weighted by molar-refractivity contribution is -0.418. The monoisotopic (exact) mass is 408 g/mol. The molecule has 166 valence electrons. The van der Waals surface area contributed by atoms with Crippen LogP contribution in [0.2, 0.25) is 0 Å². The maximum absolute atomic E-state index is 14.4. The van der Waals surface area contributed by atoms with Crippen LogP contribution in [0.4, 0.5) is 8.78 Å². The maximum atomic E-state index is 14.4. The first kappa shape index (κ1) is 21.8. The second-order valence-corrected chi connectivity index (χ2v) is 10.7.